The zero-order chi connectivity index (χ0) is 22.7. The van der Waals surface area contributed by atoms with Crippen molar-refractivity contribution < 1.29 is 14.3 Å². The Labute approximate surface area is 192 Å². The number of hydrogen-bond acceptors (Lipinski definition) is 7. The summed E-state index contributed by atoms with van der Waals surface area (Å²) in [7, 11) is 0. The van der Waals surface area contributed by atoms with Crippen molar-refractivity contribution in [1.82, 2.24) is 20.2 Å². The number of cyclic esters (lactones) is 1. The third kappa shape index (κ3) is 4.94. The number of halogens is 1. The van der Waals surface area contributed by atoms with Crippen molar-refractivity contribution in [3.05, 3.63) is 46.7 Å². The van der Waals surface area contributed by atoms with E-state index in [1.54, 1.807) is 0 Å². The van der Waals surface area contributed by atoms with Gasteiger partial charge in [0, 0.05) is 43.8 Å². The number of nitrogens with one attached hydrogen (secondary N) is 2. The number of aromatic nitrogens is 2. The minimum absolute atomic E-state index is 0.0976. The number of nitrogens with zero attached hydrogens (tertiary/aromatic N) is 4. The second kappa shape index (κ2) is 9.70. The summed E-state index contributed by atoms with van der Waals surface area (Å²) in [4.78, 5) is 37.5. The molecule has 1 atom stereocenters. The number of fused-ring (bicyclic) bond motifs is 1. The number of anilines is 2. The molecule has 0 aliphatic carbocycles. The lowest BCUT2D eigenvalue weighted by molar-refractivity contribution is -0.133. The molecule has 0 spiro atoms. The van der Waals surface area contributed by atoms with Crippen LogP contribution < -0.4 is 15.5 Å². The van der Waals surface area contributed by atoms with Gasteiger partial charge in [-0.2, -0.15) is 0 Å². The molecule has 1 aromatic carbocycles. The smallest absolute Gasteiger partial charge is 0.413 e. The van der Waals surface area contributed by atoms with E-state index in [4.69, 9.17) is 16.3 Å². The zero-order valence-corrected chi connectivity index (χ0v) is 18.9. The van der Waals surface area contributed by atoms with Crippen molar-refractivity contribution in [1.29, 1.82) is 0 Å². The van der Waals surface area contributed by atoms with Crippen LogP contribution in [0.2, 0.25) is 5.02 Å². The molecule has 32 heavy (non-hydrogen) atoms. The summed E-state index contributed by atoms with van der Waals surface area (Å²) < 4.78 is 5.09. The average molecular weight is 459 g/mol. The maximum Gasteiger partial charge on any atom is 0.413 e. The number of benzene rings is 1. The van der Waals surface area contributed by atoms with Gasteiger partial charge < -0.3 is 19.9 Å². The maximum atomic E-state index is 13.4. The molecule has 1 saturated heterocycles. The Kier molecular flexibility index (Phi) is 6.76. The van der Waals surface area contributed by atoms with Gasteiger partial charge in [-0.15, -0.1) is 0 Å². The molecule has 0 bridgehead atoms. The normalized spacial score (nSPS) is 16.9. The van der Waals surface area contributed by atoms with E-state index in [1.807, 2.05) is 29.2 Å². The van der Waals surface area contributed by atoms with E-state index in [-0.39, 0.29) is 24.5 Å². The molecule has 9 nitrogen and oxygen atoms in total. The Balaban J connectivity index is 1.45. The molecule has 2 aromatic rings. The molecule has 3 heterocycles. The summed E-state index contributed by atoms with van der Waals surface area (Å²) in [6.45, 7) is 7.26. The Bertz CT molecular complexity index is 976. The third-order valence-corrected chi connectivity index (χ3v) is 5.93. The van der Waals surface area contributed by atoms with E-state index < -0.39 is 6.09 Å². The zero-order valence-electron chi connectivity index (χ0n) is 18.2. The fourth-order valence-corrected chi connectivity index (χ4v) is 4.07. The fourth-order valence-electron chi connectivity index (χ4n) is 3.94. The first-order valence-corrected chi connectivity index (χ1v) is 11.1. The highest BCUT2D eigenvalue weighted by atomic mass is 35.5. The van der Waals surface area contributed by atoms with Gasteiger partial charge in [0.25, 0.3) is 0 Å². The predicted octanol–water partition coefficient (Wildman–Crippen LogP) is 2.62. The van der Waals surface area contributed by atoms with Gasteiger partial charge in [0.2, 0.25) is 5.91 Å². The van der Waals surface area contributed by atoms with Crippen molar-refractivity contribution in [2.75, 3.05) is 42.9 Å². The van der Waals surface area contributed by atoms with Crippen LogP contribution in [0.25, 0.3) is 0 Å². The van der Waals surface area contributed by atoms with Crippen LogP contribution in [0.1, 0.15) is 30.9 Å². The van der Waals surface area contributed by atoms with Crippen LogP contribution in [0.3, 0.4) is 0 Å². The molecule has 10 heteroatoms. The van der Waals surface area contributed by atoms with Gasteiger partial charge in [0.15, 0.2) is 0 Å². The van der Waals surface area contributed by atoms with Crippen LogP contribution in [0, 0.1) is 0 Å². The Morgan fingerprint density at radius 2 is 1.91 bits per heavy atom. The highest BCUT2D eigenvalue weighted by Crippen LogP contribution is 2.29. The minimum atomic E-state index is -0.513. The number of carbonyl (C=O) groups excluding carboxylic acids is 2. The molecular weight excluding hydrogens is 432 g/mol. The Morgan fingerprint density at radius 3 is 2.59 bits per heavy atom. The lowest BCUT2D eigenvalue weighted by Crippen LogP contribution is -2.51. The largest absolute Gasteiger partial charge is 0.444 e. The van der Waals surface area contributed by atoms with E-state index in [0.29, 0.717) is 43.6 Å². The number of carbonyl (C=O) groups is 2. The summed E-state index contributed by atoms with van der Waals surface area (Å²) in [5, 5.41) is 6.65. The van der Waals surface area contributed by atoms with Gasteiger partial charge >= 0.3 is 6.09 Å². The molecule has 0 saturated carbocycles. The fraction of sp³-hybridized carbons (Fsp3) is 0.455. The topological polar surface area (TPSA) is 99.7 Å². The standard InChI is InChI=1S/C22H27ClN6O3/c1-14(2)24-11-17(15-3-5-16(23)6-4-15)21(30)29-9-7-28(8-10-29)20-18-12-32-22(31)27-19(18)25-13-26-20/h3-6,13-14,17,24H,7-12H2,1-2H3,(H,25,26,27,31). The lowest BCUT2D eigenvalue weighted by atomic mass is 9.96. The van der Waals surface area contributed by atoms with Crippen LogP contribution in [-0.4, -0.2) is 65.6 Å². The third-order valence-electron chi connectivity index (χ3n) is 5.68. The highest BCUT2D eigenvalue weighted by molar-refractivity contribution is 6.30. The molecule has 1 unspecified atom stereocenters. The molecule has 2 amide bonds. The lowest BCUT2D eigenvalue weighted by Gasteiger charge is -2.38. The molecule has 2 N–H and O–H groups in total. The highest BCUT2D eigenvalue weighted by Gasteiger charge is 2.31. The number of ether oxygens (including phenoxy) is 1. The van der Waals surface area contributed by atoms with Gasteiger partial charge in [-0.25, -0.2) is 14.8 Å². The van der Waals surface area contributed by atoms with E-state index in [9.17, 15) is 9.59 Å². The summed E-state index contributed by atoms with van der Waals surface area (Å²) in [5.41, 5.74) is 1.71. The molecule has 1 fully saturated rings. The average Bonchev–Trinajstić information content (AvgIpc) is 2.79. The van der Waals surface area contributed by atoms with Crippen LogP contribution in [0.4, 0.5) is 16.4 Å². The van der Waals surface area contributed by atoms with Crippen LogP contribution >= 0.6 is 11.6 Å². The minimum Gasteiger partial charge on any atom is -0.444 e. The first-order chi connectivity index (χ1) is 15.4. The maximum absolute atomic E-state index is 13.4. The second-order valence-electron chi connectivity index (χ2n) is 8.20. The number of piperazine rings is 1. The van der Waals surface area contributed by atoms with Crippen LogP contribution in [0.15, 0.2) is 30.6 Å². The van der Waals surface area contributed by atoms with E-state index in [2.05, 4.69) is 39.3 Å². The quantitative estimate of drug-likeness (QED) is 0.686. The van der Waals surface area contributed by atoms with E-state index in [0.717, 1.165) is 16.9 Å². The summed E-state index contributed by atoms with van der Waals surface area (Å²) in [5.74, 6) is 1.03. The molecule has 2 aliphatic heterocycles. The van der Waals surface area contributed by atoms with E-state index >= 15 is 0 Å². The van der Waals surface area contributed by atoms with Crippen LogP contribution in [0.5, 0.6) is 0 Å². The van der Waals surface area contributed by atoms with Crippen molar-refractivity contribution >= 4 is 35.2 Å². The van der Waals surface area contributed by atoms with Gasteiger partial charge in [-0.05, 0) is 17.7 Å². The van der Waals surface area contributed by atoms with Gasteiger partial charge in [-0.1, -0.05) is 37.6 Å². The van der Waals surface area contributed by atoms with Gasteiger partial charge in [-0.3, -0.25) is 10.1 Å². The predicted molar refractivity (Wildman–Crippen MR) is 122 cm³/mol. The molecule has 2 aliphatic rings. The second-order valence-corrected chi connectivity index (χ2v) is 8.64. The van der Waals surface area contributed by atoms with Crippen LogP contribution in [-0.2, 0) is 16.1 Å². The first-order valence-electron chi connectivity index (χ1n) is 10.7. The van der Waals surface area contributed by atoms with Gasteiger partial charge in [0.1, 0.15) is 24.6 Å². The molecule has 1 aromatic heterocycles. The number of amides is 2. The number of hydrogen-bond donors (Lipinski definition) is 2. The summed E-state index contributed by atoms with van der Waals surface area (Å²) >= 11 is 6.05. The SMILES string of the molecule is CC(C)NCC(C(=O)N1CCN(c2ncnc3c2COC(=O)N3)CC1)c1ccc(Cl)cc1. The molecule has 4 rings (SSSR count). The van der Waals surface area contributed by atoms with Crippen molar-refractivity contribution in [3.63, 3.8) is 0 Å². The number of rotatable bonds is 6. The molecule has 170 valence electrons. The van der Waals surface area contributed by atoms with Crippen molar-refractivity contribution in [2.24, 2.45) is 0 Å². The van der Waals surface area contributed by atoms with Crippen molar-refractivity contribution in [2.45, 2.75) is 32.4 Å². The Hall–Kier alpha value is -2.91. The first kappa shape index (κ1) is 22.3. The summed E-state index contributed by atoms with van der Waals surface area (Å²) in [6.07, 6.45) is 0.923. The van der Waals surface area contributed by atoms with Gasteiger partial charge in [0.05, 0.1) is 11.5 Å². The molecular formula is C22H27ClN6O3. The van der Waals surface area contributed by atoms with Crippen molar-refractivity contribution in [3.8, 4) is 0 Å². The monoisotopic (exact) mass is 458 g/mol. The Morgan fingerprint density at radius 1 is 1.19 bits per heavy atom. The summed E-state index contributed by atoms with van der Waals surface area (Å²) in [6, 6.07) is 7.77. The van der Waals surface area contributed by atoms with E-state index in [1.165, 1.54) is 6.33 Å². The molecule has 0 radical (unpaired) electrons.